The lowest BCUT2D eigenvalue weighted by atomic mass is 10.1. The number of aliphatic imine (C=N–C) groups is 1. The molecule has 0 radical (unpaired) electrons. The highest BCUT2D eigenvalue weighted by atomic mass is 16.3. The SMILES string of the molecule is Cc1cc2cc(NC(=N[C@H]3CCCCN(CC(=O)N4CCCC4)C3=O)NC(=O)C3CCCC3)ccc2o1. The van der Waals surface area contributed by atoms with Crippen molar-refractivity contribution in [2.24, 2.45) is 10.9 Å². The van der Waals surface area contributed by atoms with Crippen LogP contribution in [0.1, 0.15) is 63.5 Å². The van der Waals surface area contributed by atoms with Crippen molar-refractivity contribution in [3.8, 4) is 0 Å². The van der Waals surface area contributed by atoms with Gasteiger partial charge in [-0.3, -0.25) is 19.7 Å². The van der Waals surface area contributed by atoms with Crippen molar-refractivity contribution < 1.29 is 18.8 Å². The van der Waals surface area contributed by atoms with Gasteiger partial charge in [0.25, 0.3) is 0 Å². The van der Waals surface area contributed by atoms with Crippen LogP contribution in [0.3, 0.4) is 0 Å². The predicted octanol–water partition coefficient (Wildman–Crippen LogP) is 3.82. The predicted molar refractivity (Wildman–Crippen MR) is 142 cm³/mol. The van der Waals surface area contributed by atoms with Crippen LogP contribution >= 0.6 is 0 Å². The number of guanidine groups is 1. The average Bonchev–Trinajstić information content (AvgIpc) is 3.64. The number of benzene rings is 1. The number of rotatable bonds is 5. The maximum atomic E-state index is 13.5. The molecule has 2 aliphatic heterocycles. The third-order valence-corrected chi connectivity index (χ3v) is 7.69. The van der Waals surface area contributed by atoms with Gasteiger partial charge in [-0.1, -0.05) is 12.8 Å². The van der Waals surface area contributed by atoms with Gasteiger partial charge >= 0.3 is 0 Å². The molecule has 3 amide bonds. The van der Waals surface area contributed by atoms with E-state index < -0.39 is 6.04 Å². The zero-order chi connectivity index (χ0) is 25.8. The fourth-order valence-electron chi connectivity index (χ4n) is 5.64. The third-order valence-electron chi connectivity index (χ3n) is 7.69. The Morgan fingerprint density at radius 3 is 2.51 bits per heavy atom. The summed E-state index contributed by atoms with van der Waals surface area (Å²) in [6, 6.07) is 7.00. The monoisotopic (exact) mass is 507 g/mol. The number of amides is 3. The zero-order valence-electron chi connectivity index (χ0n) is 21.6. The van der Waals surface area contributed by atoms with Crippen LogP contribution in [0.25, 0.3) is 11.0 Å². The second kappa shape index (κ2) is 11.4. The highest BCUT2D eigenvalue weighted by molar-refractivity contribution is 6.06. The molecule has 1 aromatic carbocycles. The number of anilines is 1. The van der Waals surface area contributed by atoms with E-state index in [1.165, 1.54) is 0 Å². The zero-order valence-corrected chi connectivity index (χ0v) is 21.6. The summed E-state index contributed by atoms with van der Waals surface area (Å²) in [6.07, 6.45) is 8.13. The van der Waals surface area contributed by atoms with E-state index in [9.17, 15) is 14.4 Å². The molecule has 2 saturated heterocycles. The van der Waals surface area contributed by atoms with Crippen LogP contribution in [-0.4, -0.2) is 65.7 Å². The van der Waals surface area contributed by atoms with Crippen LogP contribution in [0.2, 0.25) is 0 Å². The number of fused-ring (bicyclic) bond motifs is 1. The first kappa shape index (κ1) is 25.3. The van der Waals surface area contributed by atoms with E-state index in [1.807, 2.05) is 36.1 Å². The van der Waals surface area contributed by atoms with E-state index in [0.717, 1.165) is 86.9 Å². The van der Waals surface area contributed by atoms with Gasteiger partial charge in [0.05, 0.1) is 6.54 Å². The largest absolute Gasteiger partial charge is 0.461 e. The average molecular weight is 508 g/mol. The molecule has 5 rings (SSSR count). The van der Waals surface area contributed by atoms with E-state index >= 15 is 0 Å². The highest BCUT2D eigenvalue weighted by Crippen LogP contribution is 2.26. The lowest BCUT2D eigenvalue weighted by Crippen LogP contribution is -2.46. The van der Waals surface area contributed by atoms with Crippen LogP contribution < -0.4 is 10.6 Å². The molecule has 3 aliphatic rings. The van der Waals surface area contributed by atoms with Gasteiger partial charge in [-0.25, -0.2) is 4.99 Å². The van der Waals surface area contributed by atoms with E-state index in [-0.39, 0.29) is 36.1 Å². The molecule has 0 spiro atoms. The van der Waals surface area contributed by atoms with Crippen molar-refractivity contribution in [3.05, 3.63) is 30.0 Å². The molecule has 1 saturated carbocycles. The molecule has 3 fully saturated rings. The standard InChI is InChI=1S/C28H37N5O4/c1-19-16-21-17-22(11-12-24(21)37-19)29-28(31-26(35)20-8-2-3-9-20)30-23-10-4-5-15-33(27(23)36)18-25(34)32-13-6-7-14-32/h11-12,16-17,20,23H,2-10,13-15,18H2,1H3,(H2,29,30,31,35)/t23-/m0/s1. The van der Waals surface area contributed by atoms with Crippen molar-refractivity contribution in [1.82, 2.24) is 15.1 Å². The van der Waals surface area contributed by atoms with Crippen molar-refractivity contribution in [1.29, 1.82) is 0 Å². The van der Waals surface area contributed by atoms with E-state index in [2.05, 4.69) is 10.6 Å². The molecule has 3 heterocycles. The minimum absolute atomic E-state index is 0.00655. The molecule has 1 aliphatic carbocycles. The Balaban J connectivity index is 1.36. The van der Waals surface area contributed by atoms with E-state index in [0.29, 0.717) is 13.0 Å². The normalized spacial score (nSPS) is 21.5. The van der Waals surface area contributed by atoms with Gasteiger partial charge in [0.1, 0.15) is 17.4 Å². The van der Waals surface area contributed by atoms with Crippen LogP contribution in [0.4, 0.5) is 5.69 Å². The van der Waals surface area contributed by atoms with Crippen molar-refractivity contribution in [3.63, 3.8) is 0 Å². The second-order valence-corrected chi connectivity index (χ2v) is 10.5. The number of hydrogen-bond acceptors (Lipinski definition) is 5. The summed E-state index contributed by atoms with van der Waals surface area (Å²) in [4.78, 5) is 47.5. The number of furan rings is 1. The van der Waals surface area contributed by atoms with Gasteiger partial charge in [0.2, 0.25) is 23.7 Å². The summed E-state index contributed by atoms with van der Waals surface area (Å²) < 4.78 is 5.68. The minimum Gasteiger partial charge on any atom is -0.461 e. The molecule has 1 atom stereocenters. The molecule has 2 aromatic rings. The van der Waals surface area contributed by atoms with Crippen molar-refractivity contribution in [2.45, 2.75) is 70.8 Å². The maximum absolute atomic E-state index is 13.5. The molecule has 0 unspecified atom stereocenters. The Morgan fingerprint density at radius 2 is 1.73 bits per heavy atom. The Bertz CT molecular complexity index is 1180. The van der Waals surface area contributed by atoms with E-state index in [1.54, 1.807) is 4.90 Å². The van der Waals surface area contributed by atoms with Crippen molar-refractivity contribution >= 4 is 40.3 Å². The van der Waals surface area contributed by atoms with Crippen LogP contribution in [0.5, 0.6) is 0 Å². The summed E-state index contributed by atoms with van der Waals surface area (Å²) in [5.41, 5.74) is 1.54. The number of hydrogen-bond donors (Lipinski definition) is 2. The maximum Gasteiger partial charge on any atom is 0.247 e. The summed E-state index contributed by atoms with van der Waals surface area (Å²) >= 11 is 0. The molecule has 198 valence electrons. The molecule has 1 aromatic heterocycles. The quantitative estimate of drug-likeness (QED) is 0.473. The highest BCUT2D eigenvalue weighted by Gasteiger charge is 2.31. The smallest absolute Gasteiger partial charge is 0.247 e. The summed E-state index contributed by atoms with van der Waals surface area (Å²) in [5, 5.41) is 7.18. The molecular formula is C28H37N5O4. The van der Waals surface area contributed by atoms with Crippen LogP contribution in [0.15, 0.2) is 33.7 Å². The fourth-order valence-corrected chi connectivity index (χ4v) is 5.64. The van der Waals surface area contributed by atoms with Crippen LogP contribution in [0, 0.1) is 12.8 Å². The van der Waals surface area contributed by atoms with Gasteiger partial charge in [-0.2, -0.15) is 0 Å². The molecule has 0 bridgehead atoms. The third kappa shape index (κ3) is 6.14. The summed E-state index contributed by atoms with van der Waals surface area (Å²) in [6.45, 7) is 4.09. The van der Waals surface area contributed by atoms with Crippen LogP contribution in [-0.2, 0) is 14.4 Å². The van der Waals surface area contributed by atoms with E-state index in [4.69, 9.17) is 9.41 Å². The van der Waals surface area contributed by atoms with Gasteiger partial charge in [0.15, 0.2) is 0 Å². The van der Waals surface area contributed by atoms with Gasteiger partial charge < -0.3 is 19.5 Å². The molecular weight excluding hydrogens is 470 g/mol. The van der Waals surface area contributed by atoms with Crippen molar-refractivity contribution in [2.75, 3.05) is 31.5 Å². The Morgan fingerprint density at radius 1 is 1.00 bits per heavy atom. The topological polar surface area (TPSA) is 107 Å². The Kier molecular flexibility index (Phi) is 7.76. The summed E-state index contributed by atoms with van der Waals surface area (Å²) in [5.74, 6) is 0.856. The second-order valence-electron chi connectivity index (χ2n) is 10.5. The number of carbonyl (C=O) groups excluding carboxylic acids is 3. The molecule has 9 heteroatoms. The minimum atomic E-state index is -0.653. The van der Waals surface area contributed by atoms with Gasteiger partial charge in [-0.05, 0) is 76.1 Å². The number of aryl methyl sites for hydroxylation is 1. The Hall–Kier alpha value is -3.36. The molecule has 37 heavy (non-hydrogen) atoms. The lowest BCUT2D eigenvalue weighted by Gasteiger charge is -2.25. The number of nitrogens with zero attached hydrogens (tertiary/aromatic N) is 3. The summed E-state index contributed by atoms with van der Waals surface area (Å²) in [7, 11) is 0. The first-order valence-corrected chi connectivity index (χ1v) is 13.7. The van der Waals surface area contributed by atoms with Gasteiger partial charge in [-0.15, -0.1) is 0 Å². The number of likely N-dealkylation sites (tertiary alicyclic amines) is 2. The molecule has 9 nitrogen and oxygen atoms in total. The fraction of sp³-hybridized carbons (Fsp3) is 0.571. The molecule has 2 N–H and O–H groups in total. The van der Waals surface area contributed by atoms with Gasteiger partial charge in [0, 0.05) is 36.6 Å². The lowest BCUT2D eigenvalue weighted by molar-refractivity contribution is -0.140. The number of carbonyl (C=O) groups is 3. The Labute approximate surface area is 217 Å². The number of nitrogens with one attached hydrogen (secondary N) is 2. The first-order chi connectivity index (χ1) is 18.0. The first-order valence-electron chi connectivity index (χ1n) is 13.7.